The van der Waals surface area contributed by atoms with Crippen molar-refractivity contribution in [3.05, 3.63) is 23.8 Å². The van der Waals surface area contributed by atoms with Gasteiger partial charge in [0.1, 0.15) is 6.61 Å². The van der Waals surface area contributed by atoms with Gasteiger partial charge in [0, 0.05) is 29.2 Å². The number of sulfonamides is 1. The topological polar surface area (TPSA) is 121 Å². The Morgan fingerprint density at radius 3 is 2.72 bits per heavy atom. The molecule has 0 aromatic heterocycles. The number of rotatable bonds is 3. The number of carbonyl (C=O) groups excluding carboxylic acids is 2. The molecule has 4 aliphatic carbocycles. The lowest BCUT2D eigenvalue weighted by Crippen LogP contribution is -2.63. The number of aliphatic hydroxyl groups is 2. The number of nitrogens with zero attached hydrogens (tertiary/aromatic N) is 1. The van der Waals surface area contributed by atoms with Crippen LogP contribution in [0.5, 0.6) is 0 Å². The highest BCUT2D eigenvalue weighted by Crippen LogP contribution is 2.70. The summed E-state index contributed by atoms with van der Waals surface area (Å²) in [4.78, 5) is 31.2. The van der Waals surface area contributed by atoms with Gasteiger partial charge in [-0.05, 0) is 49.7 Å². The van der Waals surface area contributed by atoms with Gasteiger partial charge in [-0.3, -0.25) is 14.4 Å². The molecule has 32 heavy (non-hydrogen) atoms. The standard InChI is InChI=1S/C23H31NO7S/c1-21-7-6-15(26)8-13(21)4-5-16-17-9-14-11-24(32(3,29)30)31-23(14,19(28)12-25)22(17,2)10-18(27)20(16)21/h6-8,14,16-18,20,25,27H,4-5,9-12H2,1-3H3/t14-,16-,17-,18-,20+,21-,22-,23-/m0/s1. The van der Waals surface area contributed by atoms with Crippen LogP contribution in [-0.4, -0.2) is 65.8 Å². The van der Waals surface area contributed by atoms with Gasteiger partial charge in [0.25, 0.3) is 0 Å². The summed E-state index contributed by atoms with van der Waals surface area (Å²) in [6.45, 7) is 3.33. The van der Waals surface area contributed by atoms with Gasteiger partial charge >= 0.3 is 0 Å². The second-order valence-corrected chi connectivity index (χ2v) is 12.7. The maximum absolute atomic E-state index is 13.2. The van der Waals surface area contributed by atoms with Crippen LogP contribution in [0.25, 0.3) is 0 Å². The van der Waals surface area contributed by atoms with Crippen molar-refractivity contribution in [1.29, 1.82) is 0 Å². The number of hydrogen-bond donors (Lipinski definition) is 2. The maximum Gasteiger partial charge on any atom is 0.233 e. The van der Waals surface area contributed by atoms with Gasteiger partial charge in [-0.2, -0.15) is 0 Å². The van der Waals surface area contributed by atoms with Crippen molar-refractivity contribution in [3.8, 4) is 0 Å². The Morgan fingerprint density at radius 1 is 1.34 bits per heavy atom. The third kappa shape index (κ3) is 2.66. The molecule has 0 spiro atoms. The first-order chi connectivity index (χ1) is 14.9. The molecule has 0 amide bonds. The van der Waals surface area contributed by atoms with Crippen molar-refractivity contribution >= 4 is 21.6 Å². The van der Waals surface area contributed by atoms with Gasteiger partial charge in [0.05, 0.1) is 12.4 Å². The van der Waals surface area contributed by atoms with Crippen molar-refractivity contribution in [2.75, 3.05) is 19.4 Å². The zero-order valence-electron chi connectivity index (χ0n) is 18.7. The summed E-state index contributed by atoms with van der Waals surface area (Å²) in [5.74, 6) is -0.907. The highest BCUT2D eigenvalue weighted by atomic mass is 32.2. The minimum Gasteiger partial charge on any atom is -0.393 e. The van der Waals surface area contributed by atoms with E-state index in [1.54, 1.807) is 12.2 Å². The first kappa shape index (κ1) is 22.4. The SMILES string of the molecule is C[C@]12C=CC(=O)C=C1CC[C@@H]1[C@@H]2[C@@H](O)C[C@@]2(C)[C@H]1C[C@H]1CN(S(C)(=O)=O)O[C@]12C(=O)CO. The summed E-state index contributed by atoms with van der Waals surface area (Å²) in [5.41, 5.74) is -1.67. The van der Waals surface area contributed by atoms with E-state index in [9.17, 15) is 28.2 Å². The number of ketones is 2. The number of aliphatic hydroxyl groups excluding tert-OH is 2. The Balaban J connectivity index is 1.59. The average Bonchev–Trinajstić information content (AvgIpc) is 3.21. The largest absolute Gasteiger partial charge is 0.393 e. The van der Waals surface area contributed by atoms with Gasteiger partial charge in [0.15, 0.2) is 17.2 Å². The molecule has 9 heteroatoms. The number of carbonyl (C=O) groups is 2. The van der Waals surface area contributed by atoms with Crippen LogP contribution in [0, 0.1) is 34.5 Å². The normalized spacial score (nSPS) is 48.0. The Kier molecular flexibility index (Phi) is 4.78. The van der Waals surface area contributed by atoms with Crippen LogP contribution < -0.4 is 0 Å². The fourth-order valence-electron chi connectivity index (χ4n) is 8.15. The van der Waals surface area contributed by atoms with Gasteiger partial charge < -0.3 is 10.2 Å². The minimum absolute atomic E-state index is 0.0248. The molecule has 8 nitrogen and oxygen atoms in total. The van der Waals surface area contributed by atoms with Crippen molar-refractivity contribution in [2.45, 2.75) is 51.2 Å². The van der Waals surface area contributed by atoms with E-state index < -0.39 is 44.9 Å². The first-order valence-corrected chi connectivity index (χ1v) is 13.2. The van der Waals surface area contributed by atoms with Crippen LogP contribution in [-0.2, 0) is 24.4 Å². The molecular formula is C23H31NO7S. The number of allylic oxidation sites excluding steroid dienone is 4. The number of hydrogen-bond acceptors (Lipinski definition) is 7. The van der Waals surface area contributed by atoms with E-state index in [-0.39, 0.29) is 42.4 Å². The molecule has 8 atom stereocenters. The zero-order valence-corrected chi connectivity index (χ0v) is 19.5. The Labute approximate surface area is 188 Å². The molecule has 5 rings (SSSR count). The van der Waals surface area contributed by atoms with E-state index in [4.69, 9.17) is 4.84 Å². The van der Waals surface area contributed by atoms with Crippen LogP contribution >= 0.6 is 0 Å². The van der Waals surface area contributed by atoms with Crippen LogP contribution in [0.4, 0.5) is 0 Å². The molecule has 0 aromatic carbocycles. The second kappa shape index (κ2) is 6.82. The lowest BCUT2D eigenvalue weighted by molar-refractivity contribution is -0.225. The molecular weight excluding hydrogens is 434 g/mol. The minimum atomic E-state index is -3.69. The fourth-order valence-corrected chi connectivity index (χ4v) is 8.85. The van der Waals surface area contributed by atoms with Gasteiger partial charge in [-0.25, -0.2) is 8.42 Å². The van der Waals surface area contributed by atoms with E-state index in [1.165, 1.54) is 0 Å². The molecule has 0 unspecified atom stereocenters. The summed E-state index contributed by atoms with van der Waals surface area (Å²) in [5, 5.41) is 21.3. The van der Waals surface area contributed by atoms with Gasteiger partial charge in [-0.1, -0.05) is 30.0 Å². The molecule has 0 aromatic rings. The Bertz CT molecular complexity index is 1050. The monoisotopic (exact) mass is 465 g/mol. The fraction of sp³-hybridized carbons (Fsp3) is 0.739. The van der Waals surface area contributed by atoms with E-state index in [0.717, 1.165) is 29.1 Å². The number of fused-ring (bicyclic) bond motifs is 7. The molecule has 1 aliphatic heterocycles. The quantitative estimate of drug-likeness (QED) is 0.638. The molecule has 0 bridgehead atoms. The zero-order chi connectivity index (χ0) is 23.3. The van der Waals surface area contributed by atoms with Crippen molar-refractivity contribution in [2.24, 2.45) is 34.5 Å². The van der Waals surface area contributed by atoms with Crippen LogP contribution in [0.1, 0.15) is 39.5 Å². The Hall–Kier alpha value is -1.39. The first-order valence-electron chi connectivity index (χ1n) is 11.3. The summed E-state index contributed by atoms with van der Waals surface area (Å²) in [6.07, 6.45) is 7.90. The molecule has 5 aliphatic rings. The lowest BCUT2D eigenvalue weighted by Gasteiger charge is -2.59. The molecule has 4 fully saturated rings. The molecule has 0 radical (unpaired) electrons. The molecule has 1 heterocycles. The third-order valence-electron chi connectivity index (χ3n) is 9.39. The Morgan fingerprint density at radius 2 is 2.06 bits per heavy atom. The van der Waals surface area contributed by atoms with Crippen LogP contribution in [0.15, 0.2) is 23.8 Å². The smallest absolute Gasteiger partial charge is 0.233 e. The van der Waals surface area contributed by atoms with Crippen molar-refractivity contribution in [1.82, 2.24) is 4.47 Å². The van der Waals surface area contributed by atoms with Crippen molar-refractivity contribution in [3.63, 3.8) is 0 Å². The predicted molar refractivity (Wildman–Crippen MR) is 114 cm³/mol. The second-order valence-electron chi connectivity index (χ2n) is 10.8. The highest BCUT2D eigenvalue weighted by molar-refractivity contribution is 7.88. The molecule has 176 valence electrons. The van der Waals surface area contributed by atoms with E-state index in [0.29, 0.717) is 6.42 Å². The van der Waals surface area contributed by atoms with Gasteiger partial charge in [0.2, 0.25) is 10.0 Å². The molecule has 2 N–H and O–H groups in total. The van der Waals surface area contributed by atoms with Gasteiger partial charge in [-0.15, -0.1) is 0 Å². The van der Waals surface area contributed by atoms with Crippen molar-refractivity contribution < 1.29 is 33.1 Å². The van der Waals surface area contributed by atoms with E-state index in [1.807, 2.05) is 13.0 Å². The molecule has 1 saturated heterocycles. The summed E-state index contributed by atoms with van der Waals surface area (Å²) in [7, 11) is -3.69. The van der Waals surface area contributed by atoms with Crippen LogP contribution in [0.3, 0.4) is 0 Å². The third-order valence-corrected chi connectivity index (χ3v) is 10.4. The number of Topliss-reactive ketones (excluding diaryl/α,β-unsaturated/α-hetero) is 1. The summed E-state index contributed by atoms with van der Waals surface area (Å²) >= 11 is 0. The van der Waals surface area contributed by atoms with E-state index in [2.05, 4.69) is 6.92 Å². The average molecular weight is 466 g/mol. The predicted octanol–water partition coefficient (Wildman–Crippen LogP) is 0.998. The molecule has 3 saturated carbocycles. The summed E-state index contributed by atoms with van der Waals surface area (Å²) < 4.78 is 25.4. The van der Waals surface area contributed by atoms with E-state index >= 15 is 0 Å². The lowest BCUT2D eigenvalue weighted by atomic mass is 9.46. The number of hydroxylamine groups is 1. The highest BCUT2D eigenvalue weighted by Gasteiger charge is 2.75. The summed E-state index contributed by atoms with van der Waals surface area (Å²) in [6, 6.07) is 0. The maximum atomic E-state index is 13.2. The van der Waals surface area contributed by atoms with Crippen LogP contribution in [0.2, 0.25) is 0 Å².